The smallest absolute Gasteiger partial charge is 0.127 e. The maximum atomic E-state index is 13.6. The van der Waals surface area contributed by atoms with Gasteiger partial charge in [-0.2, -0.15) is 0 Å². The van der Waals surface area contributed by atoms with Gasteiger partial charge in [-0.05, 0) is 25.5 Å². The van der Waals surface area contributed by atoms with Crippen molar-refractivity contribution in [3.05, 3.63) is 35.6 Å². The molecule has 0 saturated carbocycles. The number of benzene rings is 1. The highest BCUT2D eigenvalue weighted by molar-refractivity contribution is 5.30. The molecular formula is C13H18FN. The van der Waals surface area contributed by atoms with Crippen molar-refractivity contribution in [2.24, 2.45) is 0 Å². The average Bonchev–Trinajstić information content (AvgIpc) is 2.13. The van der Waals surface area contributed by atoms with Gasteiger partial charge in [-0.1, -0.05) is 25.1 Å². The third-order valence-corrected chi connectivity index (χ3v) is 3.36. The van der Waals surface area contributed by atoms with Gasteiger partial charge in [-0.25, -0.2) is 4.39 Å². The summed E-state index contributed by atoms with van der Waals surface area (Å²) in [6, 6.07) is 7.69. The quantitative estimate of drug-likeness (QED) is 0.720. The fraction of sp³-hybridized carbons (Fsp3) is 0.538. The predicted molar refractivity (Wildman–Crippen MR) is 60.5 cm³/mol. The zero-order valence-corrected chi connectivity index (χ0v) is 9.63. The van der Waals surface area contributed by atoms with E-state index in [4.69, 9.17) is 0 Å². The highest BCUT2D eigenvalue weighted by atomic mass is 19.1. The lowest BCUT2D eigenvalue weighted by Gasteiger charge is -2.50. The summed E-state index contributed by atoms with van der Waals surface area (Å²) in [4.78, 5) is 2.37. The second-order valence-corrected chi connectivity index (χ2v) is 5.04. The molecule has 1 aromatic carbocycles. The van der Waals surface area contributed by atoms with Crippen molar-refractivity contribution >= 4 is 0 Å². The summed E-state index contributed by atoms with van der Waals surface area (Å²) < 4.78 is 13.6. The van der Waals surface area contributed by atoms with Crippen molar-refractivity contribution < 1.29 is 4.39 Å². The van der Waals surface area contributed by atoms with Gasteiger partial charge in [-0.3, -0.25) is 4.90 Å². The number of nitrogens with zero attached hydrogens (tertiary/aromatic N) is 1. The summed E-state index contributed by atoms with van der Waals surface area (Å²) in [5.74, 6) is -0.0663. The minimum atomic E-state index is -0.0663. The van der Waals surface area contributed by atoms with E-state index in [0.29, 0.717) is 6.04 Å². The van der Waals surface area contributed by atoms with Crippen molar-refractivity contribution in [3.8, 4) is 0 Å². The molecule has 2 rings (SSSR count). The Labute approximate surface area is 90.9 Å². The first-order valence-corrected chi connectivity index (χ1v) is 5.52. The zero-order valence-electron chi connectivity index (χ0n) is 9.63. The standard InChI is InChI=1S/C13H18FN/c1-10(2)15-8-13(3,9-15)11-6-4-5-7-12(11)14/h4-7,10H,8-9H2,1-3H3. The molecule has 0 N–H and O–H groups in total. The molecule has 1 aliphatic rings. The van der Waals surface area contributed by atoms with Crippen molar-refractivity contribution in [2.45, 2.75) is 32.2 Å². The van der Waals surface area contributed by atoms with E-state index in [1.54, 1.807) is 12.1 Å². The summed E-state index contributed by atoms with van der Waals surface area (Å²) in [5.41, 5.74) is 0.872. The molecule has 0 bridgehead atoms. The number of hydrogen-bond donors (Lipinski definition) is 0. The van der Waals surface area contributed by atoms with Crippen LogP contribution in [0.1, 0.15) is 26.3 Å². The van der Waals surface area contributed by atoms with Crippen LogP contribution in [0.5, 0.6) is 0 Å². The van der Waals surface area contributed by atoms with Crippen LogP contribution in [0.2, 0.25) is 0 Å². The molecule has 1 aliphatic heterocycles. The molecule has 82 valence electrons. The highest BCUT2D eigenvalue weighted by Gasteiger charge is 2.42. The van der Waals surface area contributed by atoms with E-state index < -0.39 is 0 Å². The topological polar surface area (TPSA) is 3.24 Å². The highest BCUT2D eigenvalue weighted by Crippen LogP contribution is 2.36. The van der Waals surface area contributed by atoms with Crippen molar-refractivity contribution in [3.63, 3.8) is 0 Å². The lowest BCUT2D eigenvalue weighted by Crippen LogP contribution is -2.60. The Kier molecular flexibility index (Phi) is 2.55. The van der Waals surface area contributed by atoms with Crippen LogP contribution in [0.25, 0.3) is 0 Å². The summed E-state index contributed by atoms with van der Waals surface area (Å²) in [5, 5.41) is 0. The second kappa shape index (κ2) is 3.60. The summed E-state index contributed by atoms with van der Waals surface area (Å²) in [7, 11) is 0. The van der Waals surface area contributed by atoms with Crippen LogP contribution in [0.15, 0.2) is 24.3 Å². The Morgan fingerprint density at radius 1 is 1.27 bits per heavy atom. The van der Waals surface area contributed by atoms with Crippen LogP contribution in [0, 0.1) is 5.82 Å². The van der Waals surface area contributed by atoms with Crippen LogP contribution < -0.4 is 0 Å². The largest absolute Gasteiger partial charge is 0.299 e. The fourth-order valence-corrected chi connectivity index (χ4v) is 2.34. The molecule has 2 heteroatoms. The summed E-state index contributed by atoms with van der Waals surface area (Å²) in [6.45, 7) is 8.43. The molecule has 1 saturated heterocycles. The lowest BCUT2D eigenvalue weighted by molar-refractivity contribution is 0.0458. The Morgan fingerprint density at radius 2 is 1.87 bits per heavy atom. The molecule has 0 atom stereocenters. The minimum Gasteiger partial charge on any atom is -0.299 e. The summed E-state index contributed by atoms with van der Waals surface area (Å²) in [6.07, 6.45) is 0. The van der Waals surface area contributed by atoms with Crippen LogP contribution in [-0.4, -0.2) is 24.0 Å². The van der Waals surface area contributed by atoms with E-state index in [2.05, 4.69) is 25.7 Å². The third-order valence-electron chi connectivity index (χ3n) is 3.36. The summed E-state index contributed by atoms with van der Waals surface area (Å²) >= 11 is 0. The Morgan fingerprint density at radius 3 is 2.40 bits per heavy atom. The van der Waals surface area contributed by atoms with Gasteiger partial charge in [0.25, 0.3) is 0 Å². The van der Waals surface area contributed by atoms with Crippen LogP contribution in [0.4, 0.5) is 4.39 Å². The number of likely N-dealkylation sites (tertiary alicyclic amines) is 1. The monoisotopic (exact) mass is 207 g/mol. The van der Waals surface area contributed by atoms with Gasteiger partial charge in [0.1, 0.15) is 5.82 Å². The van der Waals surface area contributed by atoms with Crippen molar-refractivity contribution in [1.29, 1.82) is 0 Å². The molecule has 0 amide bonds. The van der Waals surface area contributed by atoms with E-state index in [-0.39, 0.29) is 11.2 Å². The first-order valence-electron chi connectivity index (χ1n) is 5.52. The normalized spacial score (nSPS) is 20.3. The first kappa shape index (κ1) is 10.6. The molecular weight excluding hydrogens is 189 g/mol. The number of rotatable bonds is 2. The van der Waals surface area contributed by atoms with E-state index in [0.717, 1.165) is 18.7 Å². The van der Waals surface area contributed by atoms with Crippen LogP contribution in [-0.2, 0) is 5.41 Å². The molecule has 0 aromatic heterocycles. The van der Waals surface area contributed by atoms with Gasteiger partial charge in [0.2, 0.25) is 0 Å². The van der Waals surface area contributed by atoms with Gasteiger partial charge >= 0.3 is 0 Å². The zero-order chi connectivity index (χ0) is 11.1. The average molecular weight is 207 g/mol. The molecule has 0 radical (unpaired) electrons. The molecule has 0 unspecified atom stereocenters. The van der Waals surface area contributed by atoms with E-state index in [1.807, 2.05) is 12.1 Å². The molecule has 1 aromatic rings. The first-order chi connectivity index (χ1) is 7.03. The van der Waals surface area contributed by atoms with Gasteiger partial charge in [-0.15, -0.1) is 0 Å². The molecule has 1 nitrogen and oxygen atoms in total. The van der Waals surface area contributed by atoms with E-state index >= 15 is 0 Å². The molecule has 0 spiro atoms. The van der Waals surface area contributed by atoms with Crippen LogP contribution in [0.3, 0.4) is 0 Å². The Hall–Kier alpha value is -0.890. The molecule has 1 heterocycles. The predicted octanol–water partition coefficient (Wildman–Crippen LogP) is 2.81. The SMILES string of the molecule is CC(C)N1CC(C)(c2ccccc2F)C1. The molecule has 15 heavy (non-hydrogen) atoms. The minimum absolute atomic E-state index is 0.00954. The van der Waals surface area contributed by atoms with E-state index in [1.165, 1.54) is 0 Å². The fourth-order valence-electron chi connectivity index (χ4n) is 2.34. The van der Waals surface area contributed by atoms with Crippen molar-refractivity contribution in [2.75, 3.05) is 13.1 Å². The lowest BCUT2D eigenvalue weighted by atomic mass is 9.74. The number of halogens is 1. The van der Waals surface area contributed by atoms with Gasteiger partial charge in [0.05, 0.1) is 0 Å². The van der Waals surface area contributed by atoms with Gasteiger partial charge in [0, 0.05) is 24.5 Å². The Balaban J connectivity index is 2.17. The number of hydrogen-bond acceptors (Lipinski definition) is 1. The maximum absolute atomic E-state index is 13.6. The second-order valence-electron chi connectivity index (χ2n) is 5.04. The van der Waals surface area contributed by atoms with Crippen LogP contribution >= 0.6 is 0 Å². The van der Waals surface area contributed by atoms with E-state index in [9.17, 15) is 4.39 Å². The van der Waals surface area contributed by atoms with Gasteiger partial charge in [0.15, 0.2) is 0 Å². The van der Waals surface area contributed by atoms with Gasteiger partial charge < -0.3 is 0 Å². The van der Waals surface area contributed by atoms with Crippen molar-refractivity contribution in [1.82, 2.24) is 4.90 Å². The Bertz CT molecular complexity index is 353. The molecule has 1 fully saturated rings. The maximum Gasteiger partial charge on any atom is 0.127 e. The third kappa shape index (κ3) is 1.78. The molecule has 0 aliphatic carbocycles.